The maximum absolute atomic E-state index is 12.4. The van der Waals surface area contributed by atoms with E-state index >= 15 is 0 Å². The predicted octanol–water partition coefficient (Wildman–Crippen LogP) is 4.88. The van der Waals surface area contributed by atoms with Gasteiger partial charge in [0.2, 0.25) is 0 Å². The second kappa shape index (κ2) is 14.7. The summed E-state index contributed by atoms with van der Waals surface area (Å²) >= 11 is 7.80. The molecule has 0 aliphatic carbocycles. The van der Waals surface area contributed by atoms with E-state index in [1.165, 1.54) is 11.8 Å². The Balaban J connectivity index is 1.59. The third-order valence-electron chi connectivity index (χ3n) is 5.60. The number of nitrogens with one attached hydrogen (secondary N) is 1. The molecule has 0 fully saturated rings. The number of anilines is 1. The third kappa shape index (κ3) is 8.80. The lowest BCUT2D eigenvalue weighted by Crippen LogP contribution is -2.25. The molecule has 0 saturated heterocycles. The second-order valence-corrected chi connectivity index (χ2v) is 9.61. The van der Waals surface area contributed by atoms with Gasteiger partial charge in [0.25, 0.3) is 5.91 Å². The fraction of sp³-hybridized carbons (Fsp3) is 0.370. The van der Waals surface area contributed by atoms with Crippen LogP contribution >= 0.6 is 23.4 Å². The Bertz CT molecular complexity index is 1180. The standard InChI is InChI=1S/C27H33ClN4O4S/c1-32(13-11-19-9-10-22(35-3)23(16-19)36-4)25-17-24(28)30-27(31-25)37-18-20-7-5-8-21(15-20)26(33)29-12-6-14-34-2/h5,7-10,15-17H,6,11-14,18H2,1-4H3,(H,29,33). The number of amides is 1. The molecule has 10 heteroatoms. The summed E-state index contributed by atoms with van der Waals surface area (Å²) in [4.78, 5) is 23.5. The number of carbonyl (C=O) groups excluding carboxylic acids is 1. The van der Waals surface area contributed by atoms with Crippen molar-refractivity contribution in [2.24, 2.45) is 0 Å². The number of hydrogen-bond acceptors (Lipinski definition) is 8. The molecule has 0 bridgehead atoms. The molecule has 198 valence electrons. The van der Waals surface area contributed by atoms with E-state index in [4.69, 9.17) is 30.8 Å². The van der Waals surface area contributed by atoms with E-state index in [0.29, 0.717) is 46.3 Å². The number of likely N-dealkylation sites (N-methyl/N-ethyl adjacent to an activating group) is 1. The Labute approximate surface area is 227 Å². The van der Waals surface area contributed by atoms with E-state index in [0.717, 1.165) is 36.3 Å². The summed E-state index contributed by atoms with van der Waals surface area (Å²) in [6.45, 7) is 1.92. The Hall–Kier alpha value is -3.01. The monoisotopic (exact) mass is 544 g/mol. The Morgan fingerprint density at radius 3 is 2.59 bits per heavy atom. The molecule has 0 aliphatic heterocycles. The minimum Gasteiger partial charge on any atom is -0.493 e. The fourth-order valence-electron chi connectivity index (χ4n) is 3.56. The van der Waals surface area contributed by atoms with E-state index in [1.54, 1.807) is 33.5 Å². The summed E-state index contributed by atoms with van der Waals surface area (Å²) < 4.78 is 15.7. The first-order valence-corrected chi connectivity index (χ1v) is 13.3. The van der Waals surface area contributed by atoms with Crippen molar-refractivity contribution in [1.82, 2.24) is 15.3 Å². The zero-order valence-electron chi connectivity index (χ0n) is 21.6. The molecule has 0 radical (unpaired) electrons. The molecule has 2 aromatic carbocycles. The maximum Gasteiger partial charge on any atom is 0.251 e. The van der Waals surface area contributed by atoms with Gasteiger partial charge in [-0.15, -0.1) is 0 Å². The average Bonchev–Trinajstić information content (AvgIpc) is 2.92. The molecule has 1 N–H and O–H groups in total. The maximum atomic E-state index is 12.4. The lowest BCUT2D eigenvalue weighted by Gasteiger charge is -2.19. The zero-order chi connectivity index (χ0) is 26.6. The Kier molecular flexibility index (Phi) is 11.3. The molecule has 3 rings (SSSR count). The van der Waals surface area contributed by atoms with Crippen LogP contribution in [-0.2, 0) is 16.9 Å². The molecule has 3 aromatic rings. The number of methoxy groups -OCH3 is 3. The highest BCUT2D eigenvalue weighted by atomic mass is 35.5. The van der Waals surface area contributed by atoms with Crippen LogP contribution in [0.25, 0.3) is 0 Å². The quantitative estimate of drug-likeness (QED) is 0.133. The fourth-order valence-corrected chi connectivity index (χ4v) is 4.59. The number of halogens is 1. The van der Waals surface area contributed by atoms with Crippen LogP contribution in [0.4, 0.5) is 5.82 Å². The summed E-state index contributed by atoms with van der Waals surface area (Å²) in [5.41, 5.74) is 2.75. The van der Waals surface area contributed by atoms with Crippen LogP contribution in [0.1, 0.15) is 27.9 Å². The van der Waals surface area contributed by atoms with Crippen LogP contribution in [0.2, 0.25) is 5.15 Å². The second-order valence-electron chi connectivity index (χ2n) is 8.28. The summed E-state index contributed by atoms with van der Waals surface area (Å²) in [7, 11) is 6.88. The van der Waals surface area contributed by atoms with Crippen molar-refractivity contribution in [2.45, 2.75) is 23.8 Å². The number of thioether (sulfide) groups is 1. The number of ether oxygens (including phenoxy) is 3. The van der Waals surface area contributed by atoms with Gasteiger partial charge in [0.05, 0.1) is 14.2 Å². The highest BCUT2D eigenvalue weighted by molar-refractivity contribution is 7.98. The molecular formula is C27H33ClN4O4S. The number of benzene rings is 2. The summed E-state index contributed by atoms with van der Waals surface area (Å²) in [6, 6.07) is 15.2. The molecule has 37 heavy (non-hydrogen) atoms. The minimum atomic E-state index is -0.0969. The number of hydrogen-bond donors (Lipinski definition) is 1. The van der Waals surface area contributed by atoms with E-state index < -0.39 is 0 Å². The first-order chi connectivity index (χ1) is 17.9. The van der Waals surface area contributed by atoms with Crippen molar-refractivity contribution >= 4 is 35.1 Å². The van der Waals surface area contributed by atoms with Crippen LogP contribution in [0.5, 0.6) is 11.5 Å². The Morgan fingerprint density at radius 1 is 1.03 bits per heavy atom. The van der Waals surface area contributed by atoms with Gasteiger partial charge in [-0.25, -0.2) is 9.97 Å². The molecule has 1 amide bonds. The van der Waals surface area contributed by atoms with Gasteiger partial charge in [-0.05, 0) is 48.2 Å². The lowest BCUT2D eigenvalue weighted by molar-refractivity contribution is 0.0948. The van der Waals surface area contributed by atoms with Gasteiger partial charge in [-0.3, -0.25) is 4.79 Å². The van der Waals surface area contributed by atoms with Crippen molar-refractivity contribution in [3.8, 4) is 11.5 Å². The minimum absolute atomic E-state index is 0.0969. The molecule has 1 heterocycles. The Morgan fingerprint density at radius 2 is 1.84 bits per heavy atom. The number of nitrogens with zero attached hydrogens (tertiary/aromatic N) is 3. The van der Waals surface area contributed by atoms with Crippen molar-refractivity contribution in [1.29, 1.82) is 0 Å². The van der Waals surface area contributed by atoms with Crippen LogP contribution in [0.15, 0.2) is 53.7 Å². The van der Waals surface area contributed by atoms with Gasteiger partial charge >= 0.3 is 0 Å². The van der Waals surface area contributed by atoms with Crippen molar-refractivity contribution in [3.63, 3.8) is 0 Å². The van der Waals surface area contributed by atoms with Crippen LogP contribution in [-0.4, -0.2) is 63.9 Å². The summed E-state index contributed by atoms with van der Waals surface area (Å²) in [5, 5.41) is 3.87. The number of aromatic nitrogens is 2. The van der Waals surface area contributed by atoms with Gasteiger partial charge in [0, 0.05) is 51.2 Å². The van der Waals surface area contributed by atoms with Crippen LogP contribution < -0.4 is 19.7 Å². The topological polar surface area (TPSA) is 85.8 Å². The van der Waals surface area contributed by atoms with Gasteiger partial charge in [-0.2, -0.15) is 0 Å². The molecular weight excluding hydrogens is 512 g/mol. The normalized spacial score (nSPS) is 10.7. The van der Waals surface area contributed by atoms with E-state index in [1.807, 2.05) is 48.3 Å². The lowest BCUT2D eigenvalue weighted by atomic mass is 10.1. The average molecular weight is 545 g/mol. The van der Waals surface area contributed by atoms with E-state index in [-0.39, 0.29) is 5.91 Å². The molecule has 1 aromatic heterocycles. The molecule has 0 spiro atoms. The molecule has 0 aliphatic rings. The van der Waals surface area contributed by atoms with Gasteiger partial charge in [-0.1, -0.05) is 41.6 Å². The summed E-state index contributed by atoms with van der Waals surface area (Å²) in [6.07, 6.45) is 1.57. The van der Waals surface area contributed by atoms with Gasteiger partial charge in [0.1, 0.15) is 11.0 Å². The van der Waals surface area contributed by atoms with Crippen molar-refractivity contribution in [2.75, 3.05) is 53.0 Å². The van der Waals surface area contributed by atoms with E-state index in [2.05, 4.69) is 10.3 Å². The highest BCUT2D eigenvalue weighted by Gasteiger charge is 2.11. The van der Waals surface area contributed by atoms with E-state index in [9.17, 15) is 4.79 Å². The first-order valence-electron chi connectivity index (χ1n) is 11.9. The summed E-state index contributed by atoms with van der Waals surface area (Å²) in [5.74, 6) is 2.67. The van der Waals surface area contributed by atoms with Crippen molar-refractivity contribution in [3.05, 3.63) is 70.4 Å². The number of rotatable bonds is 14. The number of carbonyl (C=O) groups is 1. The van der Waals surface area contributed by atoms with Crippen LogP contribution in [0.3, 0.4) is 0 Å². The molecule has 0 saturated carbocycles. The van der Waals surface area contributed by atoms with Gasteiger partial charge < -0.3 is 24.4 Å². The van der Waals surface area contributed by atoms with Gasteiger partial charge in [0.15, 0.2) is 16.7 Å². The molecule has 8 nitrogen and oxygen atoms in total. The predicted molar refractivity (Wildman–Crippen MR) is 148 cm³/mol. The third-order valence-corrected chi connectivity index (χ3v) is 6.72. The largest absolute Gasteiger partial charge is 0.493 e. The smallest absolute Gasteiger partial charge is 0.251 e. The van der Waals surface area contributed by atoms with Crippen LogP contribution in [0, 0.1) is 0 Å². The molecule has 0 atom stereocenters. The zero-order valence-corrected chi connectivity index (χ0v) is 23.2. The highest BCUT2D eigenvalue weighted by Crippen LogP contribution is 2.28. The SMILES string of the molecule is COCCCNC(=O)c1cccc(CSc2nc(Cl)cc(N(C)CCc3ccc(OC)c(OC)c3)n2)c1. The van der Waals surface area contributed by atoms with Crippen molar-refractivity contribution < 1.29 is 19.0 Å². The molecule has 0 unspecified atom stereocenters. The first kappa shape index (κ1) is 28.6.